The summed E-state index contributed by atoms with van der Waals surface area (Å²) in [5.74, 6) is 0. The molecule has 2 nitrogen and oxygen atoms in total. The zero-order valence-electron chi connectivity index (χ0n) is 8.90. The molecule has 0 saturated heterocycles. The van der Waals surface area contributed by atoms with Crippen LogP contribution in [0.4, 0.5) is 0 Å². The van der Waals surface area contributed by atoms with Gasteiger partial charge in [-0.05, 0) is 26.1 Å². The van der Waals surface area contributed by atoms with Gasteiger partial charge in [-0.2, -0.15) is 0 Å². The first-order chi connectivity index (χ1) is 6.29. The van der Waals surface area contributed by atoms with E-state index in [4.69, 9.17) is 0 Å². The molecule has 0 spiro atoms. The summed E-state index contributed by atoms with van der Waals surface area (Å²) in [4.78, 5) is 2.15. The molecule has 0 aliphatic carbocycles. The molecule has 0 bridgehead atoms. The van der Waals surface area contributed by atoms with Gasteiger partial charge in [-0.25, -0.2) is 0 Å². The van der Waals surface area contributed by atoms with Crippen molar-refractivity contribution in [3.05, 3.63) is 48.0 Å². The highest BCUT2D eigenvalue weighted by atomic mass is 16.0. The van der Waals surface area contributed by atoms with Crippen molar-refractivity contribution in [3.8, 4) is 0 Å². The first-order valence-electron chi connectivity index (χ1n) is 4.62. The SMILES string of the molecule is CN(C)CC=CCc1ccccc1.O. The van der Waals surface area contributed by atoms with Crippen molar-refractivity contribution in [2.24, 2.45) is 0 Å². The molecule has 78 valence electrons. The summed E-state index contributed by atoms with van der Waals surface area (Å²) in [5, 5.41) is 0. The van der Waals surface area contributed by atoms with Crippen LogP contribution in [0.3, 0.4) is 0 Å². The van der Waals surface area contributed by atoms with Gasteiger partial charge in [0.15, 0.2) is 0 Å². The van der Waals surface area contributed by atoms with Gasteiger partial charge in [-0.1, -0.05) is 42.5 Å². The Morgan fingerprint density at radius 2 is 1.71 bits per heavy atom. The summed E-state index contributed by atoms with van der Waals surface area (Å²) < 4.78 is 0. The molecule has 0 radical (unpaired) electrons. The summed E-state index contributed by atoms with van der Waals surface area (Å²) in [7, 11) is 4.15. The van der Waals surface area contributed by atoms with Crippen LogP contribution in [0.25, 0.3) is 0 Å². The lowest BCUT2D eigenvalue weighted by atomic mass is 10.1. The molecule has 14 heavy (non-hydrogen) atoms. The lowest BCUT2D eigenvalue weighted by Crippen LogP contribution is -2.10. The highest BCUT2D eigenvalue weighted by molar-refractivity contribution is 5.17. The molecule has 1 aromatic carbocycles. The predicted molar refractivity (Wildman–Crippen MR) is 61.5 cm³/mol. The topological polar surface area (TPSA) is 34.7 Å². The Morgan fingerprint density at radius 3 is 2.29 bits per heavy atom. The van der Waals surface area contributed by atoms with Crippen molar-refractivity contribution in [1.29, 1.82) is 0 Å². The van der Waals surface area contributed by atoms with Gasteiger partial charge in [0.05, 0.1) is 0 Å². The Morgan fingerprint density at radius 1 is 1.07 bits per heavy atom. The maximum Gasteiger partial charge on any atom is 0.0157 e. The number of allylic oxidation sites excluding steroid dienone is 1. The quantitative estimate of drug-likeness (QED) is 0.668. The number of hydrogen-bond acceptors (Lipinski definition) is 1. The van der Waals surface area contributed by atoms with Crippen LogP contribution in [-0.2, 0) is 6.42 Å². The smallest absolute Gasteiger partial charge is 0.0157 e. The molecule has 2 heteroatoms. The van der Waals surface area contributed by atoms with E-state index in [1.54, 1.807) is 0 Å². The average Bonchev–Trinajstić information content (AvgIpc) is 2.14. The molecule has 0 atom stereocenters. The number of hydrogen-bond donors (Lipinski definition) is 0. The summed E-state index contributed by atoms with van der Waals surface area (Å²) in [6.45, 7) is 1.02. The standard InChI is InChI=1S/C12H17N.H2O/c1-13(2)11-7-6-10-12-8-4-3-5-9-12;/h3-9H,10-11H2,1-2H3;1H2. The second kappa shape index (κ2) is 7.30. The molecule has 2 N–H and O–H groups in total. The van der Waals surface area contributed by atoms with E-state index in [0.717, 1.165) is 13.0 Å². The lowest BCUT2D eigenvalue weighted by Gasteiger charge is -2.03. The van der Waals surface area contributed by atoms with Gasteiger partial charge in [0.25, 0.3) is 0 Å². The van der Waals surface area contributed by atoms with E-state index in [2.05, 4.69) is 55.4 Å². The van der Waals surface area contributed by atoms with Crippen molar-refractivity contribution in [1.82, 2.24) is 4.90 Å². The first-order valence-corrected chi connectivity index (χ1v) is 4.62. The van der Waals surface area contributed by atoms with Crippen LogP contribution in [0.5, 0.6) is 0 Å². The van der Waals surface area contributed by atoms with E-state index < -0.39 is 0 Å². The van der Waals surface area contributed by atoms with Crippen molar-refractivity contribution in [3.63, 3.8) is 0 Å². The fourth-order valence-electron chi connectivity index (χ4n) is 1.12. The van der Waals surface area contributed by atoms with Crippen LogP contribution in [0.2, 0.25) is 0 Å². The van der Waals surface area contributed by atoms with E-state index >= 15 is 0 Å². The van der Waals surface area contributed by atoms with E-state index in [-0.39, 0.29) is 5.48 Å². The van der Waals surface area contributed by atoms with Crippen LogP contribution in [0, 0.1) is 0 Å². The minimum absolute atomic E-state index is 0. The van der Waals surface area contributed by atoms with Gasteiger partial charge in [0.1, 0.15) is 0 Å². The van der Waals surface area contributed by atoms with Crippen molar-refractivity contribution >= 4 is 0 Å². The molecule has 0 aromatic heterocycles. The third-order valence-electron chi connectivity index (χ3n) is 1.83. The van der Waals surface area contributed by atoms with E-state index in [1.807, 2.05) is 6.07 Å². The number of likely N-dealkylation sites (N-methyl/N-ethyl adjacent to an activating group) is 1. The Labute approximate surface area is 86.2 Å². The van der Waals surface area contributed by atoms with Gasteiger partial charge in [0, 0.05) is 6.54 Å². The molecule has 0 amide bonds. The molecule has 0 aliphatic rings. The molecule has 1 rings (SSSR count). The minimum atomic E-state index is 0. The van der Waals surface area contributed by atoms with Gasteiger partial charge in [-0.15, -0.1) is 0 Å². The number of rotatable bonds is 4. The highest BCUT2D eigenvalue weighted by Crippen LogP contribution is 1.99. The second-order valence-corrected chi connectivity index (χ2v) is 3.42. The molecule has 1 aromatic rings. The van der Waals surface area contributed by atoms with Gasteiger partial charge in [-0.3, -0.25) is 0 Å². The molecule has 0 saturated carbocycles. The maximum atomic E-state index is 2.22. The van der Waals surface area contributed by atoms with Gasteiger partial charge in [0.2, 0.25) is 0 Å². The van der Waals surface area contributed by atoms with Crippen LogP contribution < -0.4 is 0 Å². The second-order valence-electron chi connectivity index (χ2n) is 3.42. The molecule has 0 unspecified atom stereocenters. The Hall–Kier alpha value is -1.12. The third-order valence-corrected chi connectivity index (χ3v) is 1.83. The lowest BCUT2D eigenvalue weighted by molar-refractivity contribution is 0.456. The summed E-state index contributed by atoms with van der Waals surface area (Å²) in [6.07, 6.45) is 5.46. The predicted octanol–water partition coefficient (Wildman–Crippen LogP) is 1.52. The van der Waals surface area contributed by atoms with Crippen LogP contribution in [0.1, 0.15) is 5.56 Å². The Balaban J connectivity index is 0.00000169. The monoisotopic (exact) mass is 193 g/mol. The molecular formula is C12H19NO. The van der Waals surface area contributed by atoms with Gasteiger partial charge < -0.3 is 10.4 Å². The van der Waals surface area contributed by atoms with Crippen LogP contribution in [-0.4, -0.2) is 31.0 Å². The number of nitrogens with zero attached hydrogens (tertiary/aromatic N) is 1. The van der Waals surface area contributed by atoms with Gasteiger partial charge >= 0.3 is 0 Å². The minimum Gasteiger partial charge on any atom is -0.412 e. The Bertz CT molecular complexity index is 254. The van der Waals surface area contributed by atoms with Crippen molar-refractivity contribution in [2.75, 3.05) is 20.6 Å². The number of benzene rings is 1. The van der Waals surface area contributed by atoms with Crippen LogP contribution >= 0.6 is 0 Å². The molecule has 0 heterocycles. The molecule has 0 fully saturated rings. The molecular weight excluding hydrogens is 174 g/mol. The van der Waals surface area contributed by atoms with E-state index in [0.29, 0.717) is 0 Å². The van der Waals surface area contributed by atoms with E-state index in [1.165, 1.54) is 5.56 Å². The zero-order valence-corrected chi connectivity index (χ0v) is 8.90. The fraction of sp³-hybridized carbons (Fsp3) is 0.333. The maximum absolute atomic E-state index is 2.22. The van der Waals surface area contributed by atoms with E-state index in [9.17, 15) is 0 Å². The molecule has 0 aliphatic heterocycles. The summed E-state index contributed by atoms with van der Waals surface area (Å²) in [5.41, 5.74) is 1.37. The fourth-order valence-corrected chi connectivity index (χ4v) is 1.12. The van der Waals surface area contributed by atoms with Crippen molar-refractivity contribution < 1.29 is 5.48 Å². The highest BCUT2D eigenvalue weighted by Gasteiger charge is 1.86. The van der Waals surface area contributed by atoms with Crippen LogP contribution in [0.15, 0.2) is 42.5 Å². The first kappa shape index (κ1) is 12.9. The normalized spacial score (nSPS) is 10.5. The zero-order chi connectivity index (χ0) is 9.52. The largest absolute Gasteiger partial charge is 0.412 e. The third kappa shape index (κ3) is 5.51. The summed E-state index contributed by atoms with van der Waals surface area (Å²) in [6, 6.07) is 10.5. The Kier molecular flexibility index (Phi) is 6.72. The van der Waals surface area contributed by atoms with Crippen molar-refractivity contribution in [2.45, 2.75) is 6.42 Å². The summed E-state index contributed by atoms with van der Waals surface area (Å²) >= 11 is 0. The average molecular weight is 193 g/mol.